The van der Waals surface area contributed by atoms with E-state index in [0.717, 1.165) is 28.6 Å². The minimum atomic E-state index is -4.08. The third-order valence-corrected chi connectivity index (χ3v) is 7.31. The van der Waals surface area contributed by atoms with Gasteiger partial charge in [0.2, 0.25) is 5.91 Å². The third-order valence-electron chi connectivity index (χ3n) is 4.52. The molecule has 0 bridgehead atoms. The molecule has 3 rings (SSSR count). The van der Waals surface area contributed by atoms with E-state index in [1.165, 1.54) is 17.8 Å². The lowest BCUT2D eigenvalue weighted by molar-refractivity contribution is -0.119. The van der Waals surface area contributed by atoms with Crippen LogP contribution in [0.5, 0.6) is 0 Å². The molecule has 0 heterocycles. The zero-order valence-corrected chi connectivity index (χ0v) is 18.7. The first-order chi connectivity index (χ1) is 15.4. The van der Waals surface area contributed by atoms with Crippen molar-refractivity contribution in [3.8, 4) is 0 Å². The molecule has 3 aromatic rings. The van der Waals surface area contributed by atoms with Gasteiger partial charge in [0.1, 0.15) is 18.2 Å². The summed E-state index contributed by atoms with van der Waals surface area (Å²) >= 11 is 1.46. The van der Waals surface area contributed by atoms with Crippen LogP contribution in [0.1, 0.15) is 5.56 Å². The molecule has 5 nitrogen and oxygen atoms in total. The molecular formula is C23H22F2N2O3S2. The lowest BCUT2D eigenvalue weighted by Gasteiger charge is -2.24. The SMILES string of the molecule is O=C(CN(c1ccccc1)S(=O)(=O)c1ccc(F)cc1)NCCSCc1ccccc1F. The molecule has 0 fully saturated rings. The van der Waals surface area contributed by atoms with E-state index >= 15 is 0 Å². The molecule has 3 aromatic carbocycles. The van der Waals surface area contributed by atoms with E-state index in [9.17, 15) is 22.0 Å². The topological polar surface area (TPSA) is 66.5 Å². The summed E-state index contributed by atoms with van der Waals surface area (Å²) < 4.78 is 54.1. The highest BCUT2D eigenvalue weighted by molar-refractivity contribution is 7.98. The lowest BCUT2D eigenvalue weighted by atomic mass is 10.2. The zero-order chi connectivity index (χ0) is 23.0. The first-order valence-electron chi connectivity index (χ1n) is 9.79. The summed E-state index contributed by atoms with van der Waals surface area (Å²) in [5.41, 5.74) is 0.908. The number of carbonyl (C=O) groups excluding carboxylic acids is 1. The number of para-hydroxylation sites is 1. The molecule has 0 aliphatic rings. The van der Waals surface area contributed by atoms with E-state index in [2.05, 4.69) is 5.32 Å². The second-order valence-corrected chi connectivity index (χ2v) is 9.76. The van der Waals surface area contributed by atoms with Gasteiger partial charge in [-0.05, 0) is 48.0 Å². The number of nitrogens with one attached hydrogen (secondary N) is 1. The molecule has 1 N–H and O–H groups in total. The number of nitrogens with zero attached hydrogens (tertiary/aromatic N) is 1. The number of hydrogen-bond donors (Lipinski definition) is 1. The fourth-order valence-corrected chi connectivity index (χ4v) is 5.16. The molecule has 0 aromatic heterocycles. The summed E-state index contributed by atoms with van der Waals surface area (Å²) in [6.45, 7) is -0.126. The van der Waals surface area contributed by atoms with Gasteiger partial charge in [0.25, 0.3) is 10.0 Å². The normalized spacial score (nSPS) is 11.2. The van der Waals surface area contributed by atoms with E-state index in [4.69, 9.17) is 0 Å². The molecular weight excluding hydrogens is 454 g/mol. The molecule has 0 atom stereocenters. The average molecular weight is 477 g/mol. The first kappa shape index (κ1) is 23.7. The Balaban J connectivity index is 1.62. The highest BCUT2D eigenvalue weighted by Gasteiger charge is 2.27. The second-order valence-electron chi connectivity index (χ2n) is 6.80. The number of carbonyl (C=O) groups is 1. The molecule has 0 saturated heterocycles. The monoisotopic (exact) mass is 476 g/mol. The highest BCUT2D eigenvalue weighted by Crippen LogP contribution is 2.23. The first-order valence-corrected chi connectivity index (χ1v) is 12.4. The Bertz CT molecular complexity index is 1140. The van der Waals surface area contributed by atoms with Crippen molar-refractivity contribution in [3.05, 3.63) is 96.1 Å². The van der Waals surface area contributed by atoms with Crippen LogP contribution in [0, 0.1) is 11.6 Å². The van der Waals surface area contributed by atoms with Crippen LogP contribution < -0.4 is 9.62 Å². The Hall–Kier alpha value is -2.91. The molecule has 0 unspecified atom stereocenters. The van der Waals surface area contributed by atoms with Gasteiger partial charge in [0.05, 0.1) is 10.6 Å². The van der Waals surface area contributed by atoms with E-state index in [1.807, 2.05) is 0 Å². The maximum absolute atomic E-state index is 13.6. The molecule has 32 heavy (non-hydrogen) atoms. The van der Waals surface area contributed by atoms with Gasteiger partial charge in [0.15, 0.2) is 0 Å². The predicted molar refractivity (Wildman–Crippen MR) is 123 cm³/mol. The number of amides is 1. The maximum Gasteiger partial charge on any atom is 0.264 e. The summed E-state index contributed by atoms with van der Waals surface area (Å²) in [7, 11) is -4.08. The predicted octanol–water partition coefficient (Wildman–Crippen LogP) is 4.21. The van der Waals surface area contributed by atoms with Crippen molar-refractivity contribution >= 4 is 33.4 Å². The van der Waals surface area contributed by atoms with Crippen LogP contribution in [0.25, 0.3) is 0 Å². The summed E-state index contributed by atoms with van der Waals surface area (Å²) in [6, 6.07) is 19.2. The molecule has 0 saturated carbocycles. The van der Waals surface area contributed by atoms with Crippen molar-refractivity contribution in [1.82, 2.24) is 5.32 Å². The van der Waals surface area contributed by atoms with E-state index in [-0.39, 0.29) is 10.7 Å². The zero-order valence-electron chi connectivity index (χ0n) is 17.1. The molecule has 168 valence electrons. The number of anilines is 1. The van der Waals surface area contributed by atoms with Crippen LogP contribution in [0.15, 0.2) is 83.8 Å². The number of hydrogen-bond acceptors (Lipinski definition) is 4. The Labute approximate surface area is 190 Å². The van der Waals surface area contributed by atoms with Crippen molar-refractivity contribution in [1.29, 1.82) is 0 Å². The maximum atomic E-state index is 13.6. The van der Waals surface area contributed by atoms with Crippen molar-refractivity contribution < 1.29 is 22.0 Å². The third kappa shape index (κ3) is 6.30. The number of thioether (sulfide) groups is 1. The van der Waals surface area contributed by atoms with Gasteiger partial charge in [-0.1, -0.05) is 36.4 Å². The Morgan fingerprint density at radius 2 is 1.56 bits per heavy atom. The standard InChI is InChI=1S/C23H22F2N2O3S2/c24-19-10-12-21(13-11-19)32(29,30)27(20-7-2-1-3-8-20)16-23(28)26-14-15-31-17-18-6-4-5-9-22(18)25/h1-13H,14-17H2,(H,26,28). The van der Waals surface area contributed by atoms with E-state index in [0.29, 0.717) is 29.3 Å². The van der Waals surface area contributed by atoms with Crippen molar-refractivity contribution in [2.24, 2.45) is 0 Å². The average Bonchev–Trinajstić information content (AvgIpc) is 2.79. The fourth-order valence-electron chi connectivity index (χ4n) is 2.89. The summed E-state index contributed by atoms with van der Waals surface area (Å²) in [4.78, 5) is 12.4. The summed E-state index contributed by atoms with van der Waals surface area (Å²) in [5.74, 6) is -0.297. The fraction of sp³-hybridized carbons (Fsp3) is 0.174. The van der Waals surface area contributed by atoms with E-state index in [1.54, 1.807) is 48.5 Å². The Morgan fingerprint density at radius 3 is 2.25 bits per heavy atom. The Kier molecular flexibility index (Phi) is 8.24. The van der Waals surface area contributed by atoms with Gasteiger partial charge in [0, 0.05) is 18.1 Å². The molecule has 0 aliphatic heterocycles. The smallest absolute Gasteiger partial charge is 0.264 e. The Morgan fingerprint density at radius 1 is 0.906 bits per heavy atom. The molecule has 1 amide bonds. The van der Waals surface area contributed by atoms with Gasteiger partial charge >= 0.3 is 0 Å². The van der Waals surface area contributed by atoms with Crippen LogP contribution in [0.4, 0.5) is 14.5 Å². The number of halogens is 2. The van der Waals surface area contributed by atoms with Gasteiger partial charge in [-0.25, -0.2) is 17.2 Å². The van der Waals surface area contributed by atoms with Crippen molar-refractivity contribution in [3.63, 3.8) is 0 Å². The van der Waals surface area contributed by atoms with Gasteiger partial charge in [-0.15, -0.1) is 0 Å². The van der Waals surface area contributed by atoms with Crippen LogP contribution in [0.3, 0.4) is 0 Å². The largest absolute Gasteiger partial charge is 0.354 e. The van der Waals surface area contributed by atoms with Gasteiger partial charge in [-0.3, -0.25) is 9.10 Å². The quantitative estimate of drug-likeness (QED) is 0.445. The van der Waals surface area contributed by atoms with Crippen molar-refractivity contribution in [2.75, 3.05) is 23.1 Å². The van der Waals surface area contributed by atoms with Crippen LogP contribution in [-0.4, -0.2) is 33.2 Å². The van der Waals surface area contributed by atoms with Crippen molar-refractivity contribution in [2.45, 2.75) is 10.6 Å². The highest BCUT2D eigenvalue weighted by atomic mass is 32.2. The summed E-state index contributed by atoms with van der Waals surface area (Å²) in [6.07, 6.45) is 0. The van der Waals surface area contributed by atoms with E-state index < -0.39 is 28.3 Å². The van der Waals surface area contributed by atoms with Crippen LogP contribution in [0.2, 0.25) is 0 Å². The number of rotatable bonds is 10. The summed E-state index contributed by atoms with van der Waals surface area (Å²) in [5, 5.41) is 2.70. The molecule has 0 spiro atoms. The van der Waals surface area contributed by atoms with Gasteiger partial charge < -0.3 is 5.32 Å². The van der Waals surface area contributed by atoms with Crippen LogP contribution >= 0.6 is 11.8 Å². The minimum Gasteiger partial charge on any atom is -0.354 e. The number of sulfonamides is 1. The molecule has 9 heteroatoms. The lowest BCUT2D eigenvalue weighted by Crippen LogP contribution is -2.41. The van der Waals surface area contributed by atoms with Gasteiger partial charge in [-0.2, -0.15) is 11.8 Å². The number of benzene rings is 3. The molecule has 0 aliphatic carbocycles. The molecule has 0 radical (unpaired) electrons. The second kappa shape index (κ2) is 11.1. The van der Waals surface area contributed by atoms with Crippen LogP contribution in [-0.2, 0) is 20.6 Å². The minimum absolute atomic E-state index is 0.115.